The van der Waals surface area contributed by atoms with Crippen molar-refractivity contribution in [3.05, 3.63) is 35.6 Å². The maximum Gasteiger partial charge on any atom is 0.123 e. The zero-order valence-corrected chi connectivity index (χ0v) is 11.8. The van der Waals surface area contributed by atoms with Crippen molar-refractivity contribution in [2.75, 3.05) is 13.1 Å². The zero-order chi connectivity index (χ0) is 13.7. The largest absolute Gasteiger partial charge is 0.328 e. The van der Waals surface area contributed by atoms with Crippen LogP contribution in [0.2, 0.25) is 0 Å². The van der Waals surface area contributed by atoms with Crippen LogP contribution in [0.1, 0.15) is 38.2 Å². The van der Waals surface area contributed by atoms with E-state index in [1.54, 1.807) is 12.1 Å². The minimum absolute atomic E-state index is 0.158. The van der Waals surface area contributed by atoms with Crippen LogP contribution in [0.5, 0.6) is 0 Å². The number of halogens is 1. The van der Waals surface area contributed by atoms with Gasteiger partial charge in [0.1, 0.15) is 5.82 Å². The van der Waals surface area contributed by atoms with E-state index in [0.29, 0.717) is 6.04 Å². The molecule has 1 aromatic rings. The van der Waals surface area contributed by atoms with Crippen molar-refractivity contribution >= 4 is 0 Å². The monoisotopic (exact) mass is 264 g/mol. The Morgan fingerprint density at radius 3 is 2.79 bits per heavy atom. The second-order valence-corrected chi connectivity index (χ2v) is 5.77. The number of hydrogen-bond acceptors (Lipinski definition) is 2. The molecule has 19 heavy (non-hydrogen) atoms. The van der Waals surface area contributed by atoms with Gasteiger partial charge in [0.05, 0.1) is 0 Å². The standard InChI is InChI=1S/C16H25FN2/c1-2-16(18)10-14-4-3-9-19(12-14)11-13-5-7-15(17)8-6-13/h5-8,14,16H,2-4,9-12,18H2,1H3. The number of benzene rings is 1. The summed E-state index contributed by atoms with van der Waals surface area (Å²) in [5, 5.41) is 0. The van der Waals surface area contributed by atoms with E-state index in [1.807, 2.05) is 12.1 Å². The van der Waals surface area contributed by atoms with Crippen molar-refractivity contribution in [1.29, 1.82) is 0 Å². The lowest BCUT2D eigenvalue weighted by Crippen LogP contribution is -2.37. The average Bonchev–Trinajstić information content (AvgIpc) is 2.42. The number of likely N-dealkylation sites (tertiary alicyclic amines) is 1. The lowest BCUT2D eigenvalue weighted by atomic mass is 9.90. The molecule has 1 aliphatic heterocycles. The maximum atomic E-state index is 12.9. The summed E-state index contributed by atoms with van der Waals surface area (Å²) >= 11 is 0. The first-order chi connectivity index (χ1) is 9.17. The van der Waals surface area contributed by atoms with Gasteiger partial charge in [-0.25, -0.2) is 4.39 Å². The summed E-state index contributed by atoms with van der Waals surface area (Å²) in [7, 11) is 0. The van der Waals surface area contributed by atoms with Gasteiger partial charge in [-0.15, -0.1) is 0 Å². The lowest BCUT2D eigenvalue weighted by Gasteiger charge is -2.33. The molecular weight excluding hydrogens is 239 g/mol. The first kappa shape index (κ1) is 14.5. The van der Waals surface area contributed by atoms with Crippen molar-refractivity contribution in [2.24, 2.45) is 11.7 Å². The fourth-order valence-corrected chi connectivity index (χ4v) is 2.93. The van der Waals surface area contributed by atoms with Crippen molar-refractivity contribution in [2.45, 2.75) is 45.2 Å². The Kier molecular flexibility index (Phi) is 5.34. The third kappa shape index (κ3) is 4.59. The number of hydrogen-bond donors (Lipinski definition) is 1. The number of rotatable bonds is 5. The van der Waals surface area contributed by atoms with E-state index in [0.717, 1.165) is 38.4 Å². The third-order valence-electron chi connectivity index (χ3n) is 4.08. The Morgan fingerprint density at radius 1 is 1.37 bits per heavy atom. The first-order valence-corrected chi connectivity index (χ1v) is 7.39. The fourth-order valence-electron chi connectivity index (χ4n) is 2.93. The van der Waals surface area contributed by atoms with Crippen molar-refractivity contribution in [3.63, 3.8) is 0 Å². The van der Waals surface area contributed by atoms with E-state index in [9.17, 15) is 4.39 Å². The summed E-state index contributed by atoms with van der Waals surface area (Å²) in [5.74, 6) is 0.568. The molecule has 0 spiro atoms. The van der Waals surface area contributed by atoms with Gasteiger partial charge in [0.2, 0.25) is 0 Å². The van der Waals surface area contributed by atoms with Crippen LogP contribution in [0.15, 0.2) is 24.3 Å². The highest BCUT2D eigenvalue weighted by atomic mass is 19.1. The van der Waals surface area contributed by atoms with Gasteiger partial charge in [0, 0.05) is 19.1 Å². The van der Waals surface area contributed by atoms with E-state index in [4.69, 9.17) is 5.73 Å². The number of nitrogens with two attached hydrogens (primary N) is 1. The Hall–Kier alpha value is -0.930. The number of nitrogens with zero attached hydrogens (tertiary/aromatic N) is 1. The molecule has 1 aliphatic rings. The predicted octanol–water partition coefficient (Wildman–Crippen LogP) is 3.17. The van der Waals surface area contributed by atoms with Crippen LogP contribution in [0.4, 0.5) is 4.39 Å². The van der Waals surface area contributed by atoms with Crippen molar-refractivity contribution in [1.82, 2.24) is 4.90 Å². The van der Waals surface area contributed by atoms with Gasteiger partial charge in [-0.2, -0.15) is 0 Å². The Morgan fingerprint density at radius 2 is 2.11 bits per heavy atom. The molecule has 0 aliphatic carbocycles. The molecule has 1 saturated heterocycles. The molecule has 0 aromatic heterocycles. The minimum Gasteiger partial charge on any atom is -0.328 e. The Balaban J connectivity index is 1.85. The molecule has 1 fully saturated rings. The summed E-state index contributed by atoms with van der Waals surface area (Å²) in [6.07, 6.45) is 4.75. The summed E-state index contributed by atoms with van der Waals surface area (Å²) in [6, 6.07) is 7.21. The van der Waals surface area contributed by atoms with Crippen LogP contribution in [-0.2, 0) is 6.54 Å². The van der Waals surface area contributed by atoms with Crippen molar-refractivity contribution < 1.29 is 4.39 Å². The van der Waals surface area contributed by atoms with Gasteiger partial charge in [0.25, 0.3) is 0 Å². The molecule has 0 bridgehead atoms. The van der Waals surface area contributed by atoms with Gasteiger partial charge in [-0.3, -0.25) is 4.90 Å². The molecule has 2 unspecified atom stereocenters. The smallest absolute Gasteiger partial charge is 0.123 e. The zero-order valence-electron chi connectivity index (χ0n) is 11.8. The highest BCUT2D eigenvalue weighted by Crippen LogP contribution is 2.22. The molecule has 0 saturated carbocycles. The molecular formula is C16H25FN2. The van der Waals surface area contributed by atoms with Gasteiger partial charge in [0.15, 0.2) is 0 Å². The van der Waals surface area contributed by atoms with E-state index >= 15 is 0 Å². The second kappa shape index (κ2) is 7.01. The summed E-state index contributed by atoms with van der Waals surface area (Å²) in [6.45, 7) is 5.36. The van der Waals surface area contributed by atoms with Gasteiger partial charge < -0.3 is 5.73 Å². The molecule has 2 atom stereocenters. The van der Waals surface area contributed by atoms with Gasteiger partial charge in [-0.1, -0.05) is 19.1 Å². The van der Waals surface area contributed by atoms with Crippen LogP contribution >= 0.6 is 0 Å². The third-order valence-corrected chi connectivity index (χ3v) is 4.08. The molecule has 106 valence electrons. The predicted molar refractivity (Wildman–Crippen MR) is 77.3 cm³/mol. The number of piperidine rings is 1. The van der Waals surface area contributed by atoms with E-state index < -0.39 is 0 Å². The molecule has 0 radical (unpaired) electrons. The molecule has 1 heterocycles. The highest BCUT2D eigenvalue weighted by Gasteiger charge is 2.21. The van der Waals surface area contributed by atoms with Crippen LogP contribution in [-0.4, -0.2) is 24.0 Å². The van der Waals surface area contributed by atoms with Crippen LogP contribution in [0, 0.1) is 11.7 Å². The Labute approximate surface area is 115 Å². The summed E-state index contributed by atoms with van der Waals surface area (Å²) in [5.41, 5.74) is 7.25. The van der Waals surface area contributed by atoms with Crippen LogP contribution < -0.4 is 5.73 Å². The first-order valence-electron chi connectivity index (χ1n) is 7.39. The summed E-state index contributed by atoms with van der Waals surface area (Å²) in [4.78, 5) is 2.48. The normalized spacial score (nSPS) is 22.4. The van der Waals surface area contributed by atoms with Crippen LogP contribution in [0.3, 0.4) is 0 Å². The molecule has 2 nitrogen and oxygen atoms in total. The maximum absolute atomic E-state index is 12.9. The topological polar surface area (TPSA) is 29.3 Å². The lowest BCUT2D eigenvalue weighted by molar-refractivity contribution is 0.156. The van der Waals surface area contributed by atoms with E-state index in [1.165, 1.54) is 18.4 Å². The quantitative estimate of drug-likeness (QED) is 0.885. The molecule has 2 rings (SSSR count). The fraction of sp³-hybridized carbons (Fsp3) is 0.625. The molecule has 1 aromatic carbocycles. The minimum atomic E-state index is -0.158. The van der Waals surface area contributed by atoms with Gasteiger partial charge >= 0.3 is 0 Å². The highest BCUT2D eigenvalue weighted by molar-refractivity contribution is 5.15. The van der Waals surface area contributed by atoms with E-state index in [2.05, 4.69) is 11.8 Å². The molecule has 2 N–H and O–H groups in total. The Bertz CT molecular complexity index is 377. The van der Waals surface area contributed by atoms with Crippen LogP contribution in [0.25, 0.3) is 0 Å². The van der Waals surface area contributed by atoms with Crippen molar-refractivity contribution in [3.8, 4) is 0 Å². The second-order valence-electron chi connectivity index (χ2n) is 5.77. The average molecular weight is 264 g/mol. The van der Waals surface area contributed by atoms with E-state index in [-0.39, 0.29) is 5.82 Å². The SMILES string of the molecule is CCC(N)CC1CCCN(Cc2ccc(F)cc2)C1. The summed E-state index contributed by atoms with van der Waals surface area (Å²) < 4.78 is 12.9. The molecule has 3 heteroatoms. The molecule has 0 amide bonds. The van der Waals surface area contributed by atoms with Gasteiger partial charge in [-0.05, 0) is 55.8 Å².